The molecule has 5 aromatic heterocycles. The summed E-state index contributed by atoms with van der Waals surface area (Å²) in [6, 6.07) is 4.00. The van der Waals surface area contributed by atoms with Crippen molar-refractivity contribution in [1.29, 1.82) is 0 Å². The molecule has 0 saturated heterocycles. The first-order valence-electron chi connectivity index (χ1n) is 8.01. The average molecular weight is 332 g/mol. The van der Waals surface area contributed by atoms with Crippen LogP contribution in [0.5, 0.6) is 5.88 Å². The summed E-state index contributed by atoms with van der Waals surface area (Å²) < 4.78 is 5.32. The van der Waals surface area contributed by atoms with Crippen LogP contribution in [0, 0.1) is 13.8 Å². The molecule has 0 spiro atoms. The van der Waals surface area contributed by atoms with E-state index >= 15 is 0 Å². The predicted molar refractivity (Wildman–Crippen MR) is 96.9 cm³/mol. The summed E-state index contributed by atoms with van der Waals surface area (Å²) in [6.45, 7) is 3.95. The molecule has 0 aliphatic heterocycles. The molecule has 0 atom stereocenters. The van der Waals surface area contributed by atoms with Gasteiger partial charge in [-0.15, -0.1) is 0 Å². The van der Waals surface area contributed by atoms with Crippen LogP contribution in [0.4, 0.5) is 0 Å². The van der Waals surface area contributed by atoms with Crippen molar-refractivity contribution < 1.29 is 4.74 Å². The third kappa shape index (κ3) is 1.89. The quantitative estimate of drug-likeness (QED) is 0.460. The van der Waals surface area contributed by atoms with Gasteiger partial charge in [-0.2, -0.15) is 0 Å². The van der Waals surface area contributed by atoms with Gasteiger partial charge in [-0.1, -0.05) is 0 Å². The van der Waals surface area contributed by atoms with Crippen LogP contribution >= 0.6 is 0 Å². The molecule has 0 saturated carbocycles. The zero-order chi connectivity index (χ0) is 17.1. The van der Waals surface area contributed by atoms with Gasteiger partial charge in [0.05, 0.1) is 35.2 Å². The zero-order valence-corrected chi connectivity index (χ0v) is 14.1. The number of aromatic amines is 3. The molecule has 0 aliphatic rings. The molecule has 0 aromatic carbocycles. The molecular formula is C18H16N6O. The van der Waals surface area contributed by atoms with E-state index in [1.54, 1.807) is 7.11 Å². The number of aromatic nitrogens is 6. The molecule has 0 aliphatic carbocycles. The normalized spacial score (nSPS) is 11.8. The van der Waals surface area contributed by atoms with Crippen molar-refractivity contribution >= 4 is 32.8 Å². The van der Waals surface area contributed by atoms with E-state index in [1.807, 2.05) is 32.3 Å². The highest BCUT2D eigenvalue weighted by Crippen LogP contribution is 2.34. The molecule has 25 heavy (non-hydrogen) atoms. The third-order valence-corrected chi connectivity index (χ3v) is 4.68. The van der Waals surface area contributed by atoms with Crippen molar-refractivity contribution in [3.05, 3.63) is 35.9 Å². The number of fused-ring (bicyclic) bond motifs is 4. The van der Waals surface area contributed by atoms with E-state index in [1.165, 1.54) is 0 Å². The summed E-state index contributed by atoms with van der Waals surface area (Å²) >= 11 is 0. The molecule has 3 N–H and O–H groups in total. The van der Waals surface area contributed by atoms with Gasteiger partial charge in [-0.3, -0.25) is 5.10 Å². The second-order valence-corrected chi connectivity index (χ2v) is 6.15. The molecule has 0 unspecified atom stereocenters. The number of hydrogen-bond donors (Lipinski definition) is 3. The highest BCUT2D eigenvalue weighted by atomic mass is 16.5. The fourth-order valence-corrected chi connectivity index (χ4v) is 3.43. The molecule has 7 heteroatoms. The van der Waals surface area contributed by atoms with E-state index in [9.17, 15) is 0 Å². The Morgan fingerprint density at radius 3 is 2.60 bits per heavy atom. The fraction of sp³-hybridized carbons (Fsp3) is 0.167. The minimum Gasteiger partial charge on any atom is -0.481 e. The number of rotatable bonds is 2. The van der Waals surface area contributed by atoms with Gasteiger partial charge in [0, 0.05) is 40.2 Å². The second kappa shape index (κ2) is 4.83. The van der Waals surface area contributed by atoms with E-state index < -0.39 is 0 Å². The Morgan fingerprint density at radius 1 is 0.880 bits per heavy atom. The lowest BCUT2D eigenvalue weighted by atomic mass is 10.1. The van der Waals surface area contributed by atoms with Crippen LogP contribution in [0.15, 0.2) is 24.5 Å². The van der Waals surface area contributed by atoms with Crippen LogP contribution in [0.1, 0.15) is 11.4 Å². The van der Waals surface area contributed by atoms with Crippen LogP contribution in [0.25, 0.3) is 44.1 Å². The highest BCUT2D eigenvalue weighted by molar-refractivity contribution is 6.06. The summed E-state index contributed by atoms with van der Waals surface area (Å²) in [5.74, 6) is 0.595. The van der Waals surface area contributed by atoms with Crippen LogP contribution in [-0.2, 0) is 0 Å². The van der Waals surface area contributed by atoms with Gasteiger partial charge in [-0.25, -0.2) is 15.0 Å². The van der Waals surface area contributed by atoms with Gasteiger partial charge in [0.25, 0.3) is 0 Å². The molecule has 5 rings (SSSR count). The maximum Gasteiger partial charge on any atom is 0.213 e. The lowest BCUT2D eigenvalue weighted by Crippen LogP contribution is -1.90. The molecule has 7 nitrogen and oxygen atoms in total. The summed E-state index contributed by atoms with van der Waals surface area (Å²) in [6.07, 6.45) is 3.89. The van der Waals surface area contributed by atoms with Crippen LogP contribution in [0.2, 0.25) is 0 Å². The van der Waals surface area contributed by atoms with E-state index in [0.717, 1.165) is 55.5 Å². The topological polar surface area (TPSA) is 95.3 Å². The summed E-state index contributed by atoms with van der Waals surface area (Å²) in [5.41, 5.74) is 6.49. The maximum absolute atomic E-state index is 5.32. The van der Waals surface area contributed by atoms with Crippen molar-refractivity contribution in [2.45, 2.75) is 13.8 Å². The third-order valence-electron chi connectivity index (χ3n) is 4.68. The molecule has 5 aromatic rings. The Labute approximate surface area is 142 Å². The van der Waals surface area contributed by atoms with Crippen LogP contribution in [0.3, 0.4) is 0 Å². The largest absolute Gasteiger partial charge is 0.481 e. The first-order chi connectivity index (χ1) is 12.2. The Morgan fingerprint density at radius 2 is 1.76 bits per heavy atom. The van der Waals surface area contributed by atoms with E-state index in [0.29, 0.717) is 5.88 Å². The summed E-state index contributed by atoms with van der Waals surface area (Å²) in [5, 5.41) is 9.35. The maximum atomic E-state index is 5.32. The van der Waals surface area contributed by atoms with Gasteiger partial charge < -0.3 is 14.8 Å². The van der Waals surface area contributed by atoms with E-state index in [-0.39, 0.29) is 0 Å². The SMILES string of the molecule is COc1cc2c(-c3cc4c(n3)nc(C)c3c[nH][nH]c34)c[nH]c2c(C)n1. The first-order valence-corrected chi connectivity index (χ1v) is 8.01. The zero-order valence-electron chi connectivity index (χ0n) is 14.1. The van der Waals surface area contributed by atoms with Crippen LogP contribution < -0.4 is 4.74 Å². The average Bonchev–Trinajstić information content (AvgIpc) is 3.31. The molecule has 0 fully saturated rings. The number of nitrogens with one attached hydrogen (secondary N) is 3. The number of methoxy groups -OCH3 is 1. The fourth-order valence-electron chi connectivity index (χ4n) is 3.43. The smallest absolute Gasteiger partial charge is 0.213 e. The molecule has 0 bridgehead atoms. The van der Waals surface area contributed by atoms with E-state index in [4.69, 9.17) is 9.72 Å². The molecule has 0 radical (unpaired) electrons. The summed E-state index contributed by atoms with van der Waals surface area (Å²) in [4.78, 5) is 17.1. The van der Waals surface area contributed by atoms with Crippen LogP contribution in [-0.4, -0.2) is 37.2 Å². The minimum absolute atomic E-state index is 0.595. The molecule has 0 amide bonds. The van der Waals surface area contributed by atoms with Crippen molar-refractivity contribution in [2.24, 2.45) is 0 Å². The van der Waals surface area contributed by atoms with Gasteiger partial charge in [0.15, 0.2) is 5.65 Å². The van der Waals surface area contributed by atoms with Gasteiger partial charge in [0.2, 0.25) is 5.88 Å². The van der Waals surface area contributed by atoms with Crippen molar-refractivity contribution in [2.75, 3.05) is 7.11 Å². The van der Waals surface area contributed by atoms with Crippen molar-refractivity contribution in [3.8, 4) is 17.1 Å². The van der Waals surface area contributed by atoms with Gasteiger partial charge in [-0.05, 0) is 19.9 Å². The molecule has 124 valence electrons. The Balaban J connectivity index is 1.81. The minimum atomic E-state index is 0.595. The molecular weight excluding hydrogens is 316 g/mol. The predicted octanol–water partition coefficient (Wildman–Crippen LogP) is 3.61. The number of aryl methyl sites for hydroxylation is 2. The number of nitrogens with zero attached hydrogens (tertiary/aromatic N) is 3. The number of H-pyrrole nitrogens is 3. The van der Waals surface area contributed by atoms with Gasteiger partial charge >= 0.3 is 0 Å². The van der Waals surface area contributed by atoms with Crippen molar-refractivity contribution in [1.82, 2.24) is 30.1 Å². The molecule has 5 heterocycles. The Hall–Kier alpha value is -3.35. The van der Waals surface area contributed by atoms with Crippen molar-refractivity contribution in [3.63, 3.8) is 0 Å². The number of ether oxygens (including phenoxy) is 1. The standard InChI is InChI=1S/C18H16N6O/c1-8-12-7-20-24-17(12)11-4-14(23-18(11)22-8)13-6-19-16-9(2)21-15(25-3)5-10(13)16/h4-7,19-20,24H,1-3H3. The lowest BCUT2D eigenvalue weighted by molar-refractivity contribution is 0.398. The number of hydrogen-bond acceptors (Lipinski definition) is 4. The lowest BCUT2D eigenvalue weighted by Gasteiger charge is -2.02. The Bertz CT molecular complexity index is 1260. The second-order valence-electron chi connectivity index (χ2n) is 6.15. The Kier molecular flexibility index (Phi) is 2.71. The monoisotopic (exact) mass is 332 g/mol. The highest BCUT2D eigenvalue weighted by Gasteiger charge is 2.16. The van der Waals surface area contributed by atoms with Gasteiger partial charge in [0.1, 0.15) is 0 Å². The summed E-state index contributed by atoms with van der Waals surface area (Å²) in [7, 11) is 1.63. The number of pyridine rings is 2. The van der Waals surface area contributed by atoms with E-state index in [2.05, 4.69) is 31.2 Å². The first kappa shape index (κ1) is 14.0.